The molecule has 0 spiro atoms. The summed E-state index contributed by atoms with van der Waals surface area (Å²) in [6, 6.07) is 10.7. The van der Waals surface area contributed by atoms with Crippen molar-refractivity contribution < 1.29 is 9.53 Å². The highest BCUT2D eigenvalue weighted by Gasteiger charge is 2.27. The monoisotopic (exact) mass is 350 g/mol. The van der Waals surface area contributed by atoms with Gasteiger partial charge < -0.3 is 9.64 Å². The van der Waals surface area contributed by atoms with E-state index >= 15 is 0 Å². The highest BCUT2D eigenvalue weighted by Crippen LogP contribution is 2.27. The number of nitrogens with zero attached hydrogens (tertiary/aromatic N) is 2. The second-order valence-electron chi connectivity index (χ2n) is 5.45. The maximum absolute atomic E-state index is 12.3. The number of ether oxygens (including phenoxy) is 1. The predicted octanol–water partition coefficient (Wildman–Crippen LogP) is 4.21. The normalized spacial score (nSPS) is 15.5. The van der Waals surface area contributed by atoms with Gasteiger partial charge >= 0.3 is 5.97 Å². The molecular formula is C17H16Cl2N2O2. The average molecular weight is 351 g/mol. The molecule has 1 aliphatic heterocycles. The molecule has 23 heavy (non-hydrogen) atoms. The average Bonchev–Trinajstić information content (AvgIpc) is 2.58. The minimum absolute atomic E-state index is 0.116. The van der Waals surface area contributed by atoms with Crippen LogP contribution in [0.2, 0.25) is 10.0 Å². The highest BCUT2D eigenvalue weighted by atomic mass is 35.5. The quantitative estimate of drug-likeness (QED) is 0.614. The topological polar surface area (TPSA) is 42.4 Å². The molecular weight excluding hydrogens is 335 g/mol. The van der Waals surface area contributed by atoms with Gasteiger partial charge in [-0.15, -0.1) is 0 Å². The lowest BCUT2D eigenvalue weighted by molar-refractivity contribution is -0.139. The Morgan fingerprint density at radius 2 is 1.87 bits per heavy atom. The zero-order chi connectivity index (χ0) is 16.2. The van der Waals surface area contributed by atoms with Crippen LogP contribution in [0.25, 0.3) is 0 Å². The van der Waals surface area contributed by atoms with Crippen molar-refractivity contribution in [1.82, 2.24) is 4.98 Å². The van der Waals surface area contributed by atoms with Gasteiger partial charge in [0.25, 0.3) is 0 Å². The lowest BCUT2D eigenvalue weighted by Crippen LogP contribution is -2.38. The molecule has 0 N–H and O–H groups in total. The zero-order valence-corrected chi connectivity index (χ0v) is 13.9. The van der Waals surface area contributed by atoms with Crippen LogP contribution in [-0.4, -0.2) is 24.0 Å². The van der Waals surface area contributed by atoms with Crippen molar-refractivity contribution >= 4 is 35.0 Å². The summed E-state index contributed by atoms with van der Waals surface area (Å²) in [5.74, 6) is 0.963. The highest BCUT2D eigenvalue weighted by molar-refractivity contribution is 6.32. The first-order valence-electron chi connectivity index (χ1n) is 7.46. The van der Waals surface area contributed by atoms with E-state index in [-0.39, 0.29) is 11.9 Å². The van der Waals surface area contributed by atoms with Gasteiger partial charge in [0, 0.05) is 19.3 Å². The van der Waals surface area contributed by atoms with E-state index < -0.39 is 0 Å². The zero-order valence-electron chi connectivity index (χ0n) is 12.4. The van der Waals surface area contributed by atoms with E-state index in [4.69, 9.17) is 27.9 Å². The van der Waals surface area contributed by atoms with E-state index in [0.717, 1.165) is 31.7 Å². The maximum Gasteiger partial charge on any atom is 0.314 e. The van der Waals surface area contributed by atoms with E-state index in [2.05, 4.69) is 9.88 Å². The van der Waals surface area contributed by atoms with Crippen LogP contribution in [0.3, 0.4) is 0 Å². The van der Waals surface area contributed by atoms with Gasteiger partial charge in [-0.1, -0.05) is 35.3 Å². The molecule has 3 rings (SSSR count). The minimum Gasteiger partial charge on any atom is -0.425 e. The first kappa shape index (κ1) is 16.1. The van der Waals surface area contributed by atoms with E-state index in [9.17, 15) is 4.79 Å². The molecule has 6 heteroatoms. The summed E-state index contributed by atoms with van der Waals surface area (Å²) in [5, 5.41) is 1.07. The fourth-order valence-electron chi connectivity index (χ4n) is 2.62. The Labute approximate surface area is 145 Å². The number of para-hydroxylation sites is 1. The number of pyridine rings is 1. The number of aromatic nitrogens is 1. The molecule has 1 aliphatic rings. The lowest BCUT2D eigenvalue weighted by atomic mass is 9.97. The number of piperidine rings is 1. The number of halogens is 2. The number of benzene rings is 1. The summed E-state index contributed by atoms with van der Waals surface area (Å²) < 4.78 is 5.42. The molecule has 0 bridgehead atoms. The van der Waals surface area contributed by atoms with Crippen molar-refractivity contribution in [3.63, 3.8) is 0 Å². The molecule has 1 aromatic carbocycles. The van der Waals surface area contributed by atoms with Crippen LogP contribution in [0.15, 0.2) is 42.6 Å². The molecule has 2 aromatic rings. The maximum atomic E-state index is 12.3. The molecule has 0 saturated carbocycles. The van der Waals surface area contributed by atoms with Gasteiger partial charge in [-0.3, -0.25) is 4.79 Å². The first-order valence-corrected chi connectivity index (χ1v) is 8.22. The van der Waals surface area contributed by atoms with Crippen molar-refractivity contribution in [2.45, 2.75) is 12.8 Å². The summed E-state index contributed by atoms with van der Waals surface area (Å²) in [6.07, 6.45) is 3.09. The van der Waals surface area contributed by atoms with Crippen molar-refractivity contribution in [1.29, 1.82) is 0 Å². The molecule has 120 valence electrons. The molecule has 2 heterocycles. The fourth-order valence-corrected chi connectivity index (χ4v) is 2.90. The standard InChI is InChI=1S/C17H16Cl2N2O2/c18-13-5-6-16(20-11-13)21-9-7-12(8-10-21)17(22)23-15-4-2-1-3-14(15)19/h1-6,11-12H,7-10H2. The number of hydrogen-bond donors (Lipinski definition) is 0. The number of hydrogen-bond acceptors (Lipinski definition) is 4. The summed E-state index contributed by atoms with van der Waals surface area (Å²) >= 11 is 11.9. The van der Waals surface area contributed by atoms with Crippen LogP contribution in [-0.2, 0) is 4.79 Å². The first-order chi connectivity index (χ1) is 11.1. The third-order valence-corrected chi connectivity index (χ3v) is 4.45. The molecule has 0 radical (unpaired) electrons. The Balaban J connectivity index is 1.57. The Hall–Kier alpha value is -1.78. The van der Waals surface area contributed by atoms with Crippen molar-refractivity contribution in [3.05, 3.63) is 52.6 Å². The Kier molecular flexibility index (Phi) is 5.03. The van der Waals surface area contributed by atoms with Crippen LogP contribution in [0.4, 0.5) is 5.82 Å². The van der Waals surface area contributed by atoms with E-state index in [0.29, 0.717) is 15.8 Å². The van der Waals surface area contributed by atoms with Gasteiger partial charge in [0.15, 0.2) is 0 Å². The Bertz CT molecular complexity index is 683. The summed E-state index contributed by atoms with van der Waals surface area (Å²) in [5.41, 5.74) is 0. The molecule has 0 aliphatic carbocycles. The number of carbonyl (C=O) groups is 1. The van der Waals surface area contributed by atoms with E-state index in [1.54, 1.807) is 30.5 Å². The van der Waals surface area contributed by atoms with E-state index in [1.165, 1.54) is 0 Å². The van der Waals surface area contributed by atoms with Crippen LogP contribution >= 0.6 is 23.2 Å². The molecule has 1 fully saturated rings. The number of anilines is 1. The van der Waals surface area contributed by atoms with Crippen molar-refractivity contribution in [2.24, 2.45) is 5.92 Å². The predicted molar refractivity (Wildman–Crippen MR) is 91.3 cm³/mol. The third kappa shape index (κ3) is 3.95. The second-order valence-corrected chi connectivity index (χ2v) is 6.29. The smallest absolute Gasteiger partial charge is 0.314 e. The summed E-state index contributed by atoms with van der Waals surface area (Å²) in [6.45, 7) is 1.52. The van der Waals surface area contributed by atoms with Gasteiger partial charge in [0.2, 0.25) is 0 Å². The number of carbonyl (C=O) groups excluding carboxylic acids is 1. The van der Waals surface area contributed by atoms with Gasteiger partial charge in [0.1, 0.15) is 11.6 Å². The molecule has 4 nitrogen and oxygen atoms in total. The Morgan fingerprint density at radius 3 is 2.52 bits per heavy atom. The van der Waals surface area contributed by atoms with Gasteiger partial charge in [-0.05, 0) is 37.1 Å². The Morgan fingerprint density at radius 1 is 1.13 bits per heavy atom. The number of esters is 1. The minimum atomic E-state index is -0.221. The van der Waals surface area contributed by atoms with Crippen molar-refractivity contribution in [3.8, 4) is 5.75 Å². The van der Waals surface area contributed by atoms with Crippen LogP contribution in [0.1, 0.15) is 12.8 Å². The molecule has 0 amide bonds. The molecule has 1 aromatic heterocycles. The van der Waals surface area contributed by atoms with Crippen LogP contribution < -0.4 is 9.64 Å². The SMILES string of the molecule is O=C(Oc1ccccc1Cl)C1CCN(c2ccc(Cl)cn2)CC1. The molecule has 1 saturated heterocycles. The summed E-state index contributed by atoms with van der Waals surface area (Å²) in [4.78, 5) is 18.7. The third-order valence-electron chi connectivity index (χ3n) is 3.91. The van der Waals surface area contributed by atoms with Crippen LogP contribution in [0, 0.1) is 5.92 Å². The lowest BCUT2D eigenvalue weighted by Gasteiger charge is -2.31. The van der Waals surface area contributed by atoms with Gasteiger partial charge in [-0.25, -0.2) is 4.98 Å². The summed E-state index contributed by atoms with van der Waals surface area (Å²) in [7, 11) is 0. The van der Waals surface area contributed by atoms with Crippen molar-refractivity contribution in [2.75, 3.05) is 18.0 Å². The fraction of sp³-hybridized carbons (Fsp3) is 0.294. The molecule has 0 unspecified atom stereocenters. The van der Waals surface area contributed by atoms with Gasteiger partial charge in [-0.2, -0.15) is 0 Å². The van der Waals surface area contributed by atoms with E-state index in [1.807, 2.05) is 12.1 Å². The largest absolute Gasteiger partial charge is 0.425 e. The van der Waals surface area contributed by atoms with Gasteiger partial charge in [0.05, 0.1) is 16.0 Å². The molecule has 0 atom stereocenters. The van der Waals surface area contributed by atoms with Crippen LogP contribution in [0.5, 0.6) is 5.75 Å². The second kappa shape index (κ2) is 7.20. The number of rotatable bonds is 3.